The predicted octanol–water partition coefficient (Wildman–Crippen LogP) is 2.44. The molecule has 1 aromatic carbocycles. The monoisotopic (exact) mass is 281 g/mol. The number of rotatable bonds is 3. The van der Waals surface area contributed by atoms with Crippen LogP contribution in [-0.2, 0) is 0 Å². The van der Waals surface area contributed by atoms with Gasteiger partial charge in [-0.05, 0) is 18.2 Å². The van der Waals surface area contributed by atoms with Gasteiger partial charge in [-0.25, -0.2) is 4.39 Å². The van der Waals surface area contributed by atoms with E-state index in [1.54, 1.807) is 38.2 Å². The lowest BCUT2D eigenvalue weighted by atomic mass is 10.2. The van der Waals surface area contributed by atoms with Gasteiger partial charge < -0.3 is 10.2 Å². The third kappa shape index (κ3) is 2.90. The third-order valence-electron chi connectivity index (χ3n) is 2.42. The number of benzene rings is 1. The van der Waals surface area contributed by atoms with Gasteiger partial charge in [0.1, 0.15) is 5.82 Å². The number of aromatic nitrogens is 3. The normalized spacial score (nSPS) is 10.4. The van der Waals surface area contributed by atoms with Gasteiger partial charge in [0.05, 0.1) is 5.56 Å². The summed E-state index contributed by atoms with van der Waals surface area (Å²) in [4.78, 5) is 14.3. The average molecular weight is 282 g/mol. The van der Waals surface area contributed by atoms with E-state index in [2.05, 4.69) is 20.3 Å². The van der Waals surface area contributed by atoms with Gasteiger partial charge in [-0.3, -0.25) is 0 Å². The van der Waals surface area contributed by atoms with Crippen molar-refractivity contribution < 1.29 is 4.39 Å². The molecule has 0 aliphatic carbocycles. The van der Waals surface area contributed by atoms with Crippen molar-refractivity contribution in [1.29, 1.82) is 0 Å². The fourth-order valence-electron chi connectivity index (χ4n) is 1.47. The lowest BCUT2D eigenvalue weighted by molar-refractivity contribution is 0.630. The number of anilines is 2. The van der Waals surface area contributed by atoms with Crippen LogP contribution in [0.15, 0.2) is 18.2 Å². The van der Waals surface area contributed by atoms with Crippen molar-refractivity contribution in [2.45, 2.75) is 0 Å². The van der Waals surface area contributed by atoms with Crippen molar-refractivity contribution in [3.8, 4) is 11.4 Å². The van der Waals surface area contributed by atoms with E-state index in [0.29, 0.717) is 16.9 Å². The second kappa shape index (κ2) is 5.36. The second-order valence-corrected chi connectivity index (χ2v) is 4.49. The van der Waals surface area contributed by atoms with Crippen LogP contribution in [0.5, 0.6) is 0 Å². The van der Waals surface area contributed by atoms with Crippen molar-refractivity contribution in [3.63, 3.8) is 0 Å². The Morgan fingerprint density at radius 2 is 1.95 bits per heavy atom. The highest BCUT2D eigenvalue weighted by atomic mass is 35.5. The Kier molecular flexibility index (Phi) is 3.80. The van der Waals surface area contributed by atoms with E-state index in [1.807, 2.05) is 0 Å². The van der Waals surface area contributed by atoms with Crippen LogP contribution in [-0.4, -0.2) is 36.1 Å². The largest absolute Gasteiger partial charge is 0.357 e. The highest BCUT2D eigenvalue weighted by Gasteiger charge is 2.13. The molecule has 19 heavy (non-hydrogen) atoms. The Bertz CT molecular complexity index is 603. The minimum absolute atomic E-state index is 0.261. The Balaban J connectivity index is 2.57. The number of halogens is 2. The molecule has 7 heteroatoms. The molecule has 0 spiro atoms. The van der Waals surface area contributed by atoms with Crippen LogP contribution in [0.2, 0.25) is 5.02 Å². The number of hydrogen-bond acceptors (Lipinski definition) is 5. The first-order chi connectivity index (χ1) is 9.01. The van der Waals surface area contributed by atoms with Crippen molar-refractivity contribution in [3.05, 3.63) is 29.0 Å². The van der Waals surface area contributed by atoms with E-state index in [1.165, 1.54) is 6.07 Å². The molecule has 0 atom stereocenters. The third-order valence-corrected chi connectivity index (χ3v) is 2.65. The van der Waals surface area contributed by atoms with Gasteiger partial charge >= 0.3 is 0 Å². The second-order valence-electron chi connectivity index (χ2n) is 4.05. The summed E-state index contributed by atoms with van der Waals surface area (Å²) in [6.45, 7) is 0. The predicted molar refractivity (Wildman–Crippen MR) is 74.1 cm³/mol. The number of hydrogen-bond donors (Lipinski definition) is 1. The molecule has 0 radical (unpaired) electrons. The summed E-state index contributed by atoms with van der Waals surface area (Å²) in [5.74, 6) is 0.620. The van der Waals surface area contributed by atoms with Crippen molar-refractivity contribution in [2.24, 2.45) is 0 Å². The first-order valence-corrected chi connectivity index (χ1v) is 5.95. The molecule has 0 aliphatic heterocycles. The molecule has 0 fully saturated rings. The molecule has 1 N–H and O–H groups in total. The molecule has 0 aliphatic rings. The quantitative estimate of drug-likeness (QED) is 0.936. The smallest absolute Gasteiger partial charge is 0.230 e. The first-order valence-electron chi connectivity index (χ1n) is 5.58. The van der Waals surface area contributed by atoms with Crippen LogP contribution in [0, 0.1) is 5.82 Å². The summed E-state index contributed by atoms with van der Waals surface area (Å²) in [5, 5.41) is 3.16. The van der Waals surface area contributed by atoms with Crippen LogP contribution in [0.1, 0.15) is 0 Å². The van der Waals surface area contributed by atoms with Gasteiger partial charge in [0.2, 0.25) is 11.9 Å². The molecule has 2 aromatic rings. The lowest BCUT2D eigenvalue weighted by Crippen LogP contribution is -2.15. The van der Waals surface area contributed by atoms with Crippen LogP contribution in [0.25, 0.3) is 11.4 Å². The molecule has 100 valence electrons. The van der Waals surface area contributed by atoms with E-state index < -0.39 is 5.82 Å². The van der Waals surface area contributed by atoms with Crippen LogP contribution in [0.3, 0.4) is 0 Å². The van der Waals surface area contributed by atoms with Crippen molar-refractivity contribution in [1.82, 2.24) is 15.0 Å². The molecular formula is C12H13ClFN5. The fourth-order valence-corrected chi connectivity index (χ4v) is 1.63. The lowest BCUT2D eigenvalue weighted by Gasteiger charge is -2.12. The molecule has 0 amide bonds. The van der Waals surface area contributed by atoms with Gasteiger partial charge in [0.15, 0.2) is 5.82 Å². The Hall–Kier alpha value is -1.95. The summed E-state index contributed by atoms with van der Waals surface area (Å²) in [5.41, 5.74) is 0.284. The minimum atomic E-state index is -0.467. The van der Waals surface area contributed by atoms with E-state index in [4.69, 9.17) is 11.6 Å². The molecular weight excluding hydrogens is 269 g/mol. The minimum Gasteiger partial charge on any atom is -0.357 e. The topological polar surface area (TPSA) is 53.9 Å². The Morgan fingerprint density at radius 1 is 1.21 bits per heavy atom. The molecule has 0 saturated heterocycles. The molecule has 1 heterocycles. The molecule has 0 saturated carbocycles. The maximum atomic E-state index is 13.9. The van der Waals surface area contributed by atoms with E-state index in [9.17, 15) is 4.39 Å². The standard InChI is InChI=1S/C12H13ClFN5/c1-15-11-16-10(17-12(18-11)19(2)3)8-5-4-7(13)6-9(8)14/h4-6H,1-3H3,(H,15,16,17,18). The molecule has 0 unspecified atom stereocenters. The summed E-state index contributed by atoms with van der Waals surface area (Å²) >= 11 is 5.73. The van der Waals surface area contributed by atoms with Crippen molar-refractivity contribution in [2.75, 3.05) is 31.4 Å². The van der Waals surface area contributed by atoms with Gasteiger partial charge in [-0.1, -0.05) is 11.6 Å². The summed E-state index contributed by atoms with van der Waals surface area (Å²) in [7, 11) is 5.30. The summed E-state index contributed by atoms with van der Waals surface area (Å²) in [6, 6.07) is 4.37. The zero-order chi connectivity index (χ0) is 14.0. The maximum Gasteiger partial charge on any atom is 0.230 e. The zero-order valence-electron chi connectivity index (χ0n) is 10.8. The van der Waals surface area contributed by atoms with E-state index >= 15 is 0 Å². The Morgan fingerprint density at radius 3 is 2.53 bits per heavy atom. The molecule has 1 aromatic heterocycles. The van der Waals surface area contributed by atoms with Crippen LogP contribution >= 0.6 is 11.6 Å². The van der Waals surface area contributed by atoms with E-state index in [0.717, 1.165) is 0 Å². The van der Waals surface area contributed by atoms with Gasteiger partial charge in [-0.15, -0.1) is 0 Å². The number of nitrogens with one attached hydrogen (secondary N) is 1. The van der Waals surface area contributed by atoms with E-state index in [-0.39, 0.29) is 11.4 Å². The molecule has 5 nitrogen and oxygen atoms in total. The highest BCUT2D eigenvalue weighted by molar-refractivity contribution is 6.30. The van der Waals surface area contributed by atoms with Gasteiger partial charge in [0, 0.05) is 26.2 Å². The molecule has 2 rings (SSSR count). The fraction of sp³-hybridized carbons (Fsp3) is 0.250. The summed E-state index contributed by atoms with van der Waals surface area (Å²) in [6.07, 6.45) is 0. The van der Waals surface area contributed by atoms with Gasteiger partial charge in [0.25, 0.3) is 0 Å². The zero-order valence-corrected chi connectivity index (χ0v) is 11.5. The van der Waals surface area contributed by atoms with Gasteiger partial charge in [-0.2, -0.15) is 15.0 Å². The van der Waals surface area contributed by atoms with Crippen molar-refractivity contribution >= 4 is 23.5 Å². The highest BCUT2D eigenvalue weighted by Crippen LogP contribution is 2.24. The maximum absolute atomic E-state index is 13.9. The number of nitrogens with zero attached hydrogens (tertiary/aromatic N) is 4. The molecule has 0 bridgehead atoms. The van der Waals surface area contributed by atoms with Crippen LogP contribution in [0.4, 0.5) is 16.3 Å². The average Bonchev–Trinajstić information content (AvgIpc) is 2.38. The van der Waals surface area contributed by atoms with Crippen LogP contribution < -0.4 is 10.2 Å². The Labute approximate surface area is 115 Å². The first kappa shape index (κ1) is 13.5. The SMILES string of the molecule is CNc1nc(-c2ccc(Cl)cc2F)nc(N(C)C)n1. The summed E-state index contributed by atoms with van der Waals surface area (Å²) < 4.78 is 13.9.